The third kappa shape index (κ3) is 1.71. The van der Waals surface area contributed by atoms with E-state index in [1.165, 1.54) is 18.4 Å². The van der Waals surface area contributed by atoms with Crippen LogP contribution in [0.25, 0.3) is 0 Å². The summed E-state index contributed by atoms with van der Waals surface area (Å²) in [4.78, 5) is 0. The fourth-order valence-corrected chi connectivity index (χ4v) is 2.60. The molecule has 1 nitrogen and oxygen atoms in total. The average molecular weight is 168 g/mol. The van der Waals surface area contributed by atoms with Crippen LogP contribution in [0.3, 0.4) is 0 Å². The first-order chi connectivity index (χ1) is 5.45. The smallest absolute Gasteiger partial charge is 0.0582 e. The quantitative estimate of drug-likeness (QED) is 0.597. The van der Waals surface area contributed by atoms with E-state index in [4.69, 9.17) is 0 Å². The third-order valence-corrected chi connectivity index (χ3v) is 3.07. The van der Waals surface area contributed by atoms with Gasteiger partial charge in [0.05, 0.1) is 6.10 Å². The van der Waals surface area contributed by atoms with Crippen LogP contribution in [0.1, 0.15) is 40.5 Å². The maximum Gasteiger partial charge on any atom is 0.0582 e. The van der Waals surface area contributed by atoms with E-state index < -0.39 is 0 Å². The highest BCUT2D eigenvalue weighted by Crippen LogP contribution is 2.42. The summed E-state index contributed by atoms with van der Waals surface area (Å²) in [6.45, 7) is 8.54. The molecule has 1 rings (SSSR count). The normalized spacial score (nSPS) is 31.1. The number of rotatable bonds is 1. The molecule has 2 atom stereocenters. The van der Waals surface area contributed by atoms with Gasteiger partial charge in [0.1, 0.15) is 0 Å². The summed E-state index contributed by atoms with van der Waals surface area (Å²) in [5.74, 6) is 0.353. The van der Waals surface area contributed by atoms with Gasteiger partial charge in [-0.05, 0) is 32.1 Å². The minimum atomic E-state index is -0.212. The van der Waals surface area contributed by atoms with E-state index in [2.05, 4.69) is 26.8 Å². The Labute approximate surface area is 75.5 Å². The van der Waals surface area contributed by atoms with Crippen molar-refractivity contribution in [3.05, 3.63) is 11.6 Å². The summed E-state index contributed by atoms with van der Waals surface area (Å²) in [6, 6.07) is 0. The highest BCUT2D eigenvalue weighted by Gasteiger charge is 2.35. The Balaban J connectivity index is 2.89. The Morgan fingerprint density at radius 1 is 1.58 bits per heavy atom. The number of aliphatic hydroxyl groups is 1. The van der Waals surface area contributed by atoms with Crippen molar-refractivity contribution in [2.75, 3.05) is 0 Å². The van der Waals surface area contributed by atoms with Crippen LogP contribution >= 0.6 is 0 Å². The molecule has 0 aliphatic heterocycles. The third-order valence-electron chi connectivity index (χ3n) is 3.07. The summed E-state index contributed by atoms with van der Waals surface area (Å²) in [7, 11) is 0. The number of hydrogen-bond donors (Lipinski definition) is 1. The van der Waals surface area contributed by atoms with Crippen molar-refractivity contribution in [1.29, 1.82) is 0 Å². The predicted molar refractivity (Wildman–Crippen MR) is 51.9 cm³/mol. The van der Waals surface area contributed by atoms with Gasteiger partial charge in [0, 0.05) is 5.92 Å². The molecule has 0 aromatic heterocycles. The van der Waals surface area contributed by atoms with Gasteiger partial charge in [-0.2, -0.15) is 0 Å². The molecule has 0 saturated heterocycles. The van der Waals surface area contributed by atoms with E-state index in [9.17, 15) is 5.11 Å². The van der Waals surface area contributed by atoms with Gasteiger partial charge in [-0.15, -0.1) is 0 Å². The van der Waals surface area contributed by atoms with Crippen LogP contribution in [0.4, 0.5) is 0 Å². The number of allylic oxidation sites excluding steroid dienone is 1. The highest BCUT2D eigenvalue weighted by atomic mass is 16.3. The molecular weight excluding hydrogens is 148 g/mol. The molecular formula is C11H20O. The SMILES string of the molecule is CC1=CCCC(C)(C)C1C(C)O. The van der Waals surface area contributed by atoms with Crippen LogP contribution < -0.4 is 0 Å². The summed E-state index contributed by atoms with van der Waals surface area (Å²) < 4.78 is 0. The first-order valence-corrected chi connectivity index (χ1v) is 4.80. The lowest BCUT2D eigenvalue weighted by Crippen LogP contribution is -2.35. The van der Waals surface area contributed by atoms with Crippen molar-refractivity contribution in [3.63, 3.8) is 0 Å². The first kappa shape index (κ1) is 9.79. The molecule has 1 aliphatic carbocycles. The minimum Gasteiger partial charge on any atom is -0.393 e. The summed E-state index contributed by atoms with van der Waals surface area (Å²) in [5.41, 5.74) is 1.63. The molecule has 70 valence electrons. The molecule has 1 N–H and O–H groups in total. The second-order valence-corrected chi connectivity index (χ2v) is 4.69. The van der Waals surface area contributed by atoms with Gasteiger partial charge in [0.25, 0.3) is 0 Å². The topological polar surface area (TPSA) is 20.2 Å². The zero-order chi connectivity index (χ0) is 9.35. The van der Waals surface area contributed by atoms with E-state index in [0.29, 0.717) is 5.92 Å². The second-order valence-electron chi connectivity index (χ2n) is 4.69. The molecule has 0 spiro atoms. The molecule has 12 heavy (non-hydrogen) atoms. The predicted octanol–water partition coefficient (Wildman–Crippen LogP) is 2.75. The molecule has 0 heterocycles. The van der Waals surface area contributed by atoms with Crippen molar-refractivity contribution in [2.45, 2.75) is 46.6 Å². The van der Waals surface area contributed by atoms with Crippen molar-refractivity contribution in [1.82, 2.24) is 0 Å². The summed E-state index contributed by atoms with van der Waals surface area (Å²) >= 11 is 0. The number of hydrogen-bond acceptors (Lipinski definition) is 1. The van der Waals surface area contributed by atoms with Gasteiger partial charge in [0.2, 0.25) is 0 Å². The van der Waals surface area contributed by atoms with Crippen LogP contribution in [0.15, 0.2) is 11.6 Å². The van der Waals surface area contributed by atoms with Gasteiger partial charge < -0.3 is 5.11 Å². The Kier molecular flexibility index (Phi) is 2.62. The van der Waals surface area contributed by atoms with Gasteiger partial charge in [-0.3, -0.25) is 0 Å². The van der Waals surface area contributed by atoms with Crippen LogP contribution in [-0.4, -0.2) is 11.2 Å². The van der Waals surface area contributed by atoms with Crippen molar-refractivity contribution < 1.29 is 5.11 Å². The fraction of sp³-hybridized carbons (Fsp3) is 0.818. The van der Waals surface area contributed by atoms with Gasteiger partial charge in [-0.1, -0.05) is 25.5 Å². The van der Waals surface area contributed by atoms with Crippen molar-refractivity contribution >= 4 is 0 Å². The summed E-state index contributed by atoms with van der Waals surface area (Å²) in [5, 5.41) is 9.64. The van der Waals surface area contributed by atoms with Crippen molar-refractivity contribution in [2.24, 2.45) is 11.3 Å². The maximum atomic E-state index is 9.64. The molecule has 0 amide bonds. The Morgan fingerprint density at radius 2 is 2.17 bits per heavy atom. The van der Waals surface area contributed by atoms with Gasteiger partial charge in [0.15, 0.2) is 0 Å². The van der Waals surface area contributed by atoms with Crippen LogP contribution in [0, 0.1) is 11.3 Å². The van der Waals surface area contributed by atoms with E-state index in [1.807, 2.05) is 6.92 Å². The van der Waals surface area contributed by atoms with Crippen molar-refractivity contribution in [3.8, 4) is 0 Å². The van der Waals surface area contributed by atoms with E-state index in [-0.39, 0.29) is 11.5 Å². The zero-order valence-corrected chi connectivity index (χ0v) is 8.59. The largest absolute Gasteiger partial charge is 0.393 e. The van der Waals surface area contributed by atoms with Gasteiger partial charge >= 0.3 is 0 Å². The van der Waals surface area contributed by atoms with Crippen LogP contribution in [0.2, 0.25) is 0 Å². The lowest BCUT2D eigenvalue weighted by molar-refractivity contribution is 0.0596. The Morgan fingerprint density at radius 3 is 2.50 bits per heavy atom. The molecule has 0 fully saturated rings. The number of aliphatic hydroxyl groups excluding tert-OH is 1. The molecule has 0 aromatic carbocycles. The maximum absolute atomic E-state index is 9.64. The molecule has 0 saturated carbocycles. The van der Waals surface area contributed by atoms with Gasteiger partial charge in [-0.25, -0.2) is 0 Å². The molecule has 1 heteroatoms. The second kappa shape index (κ2) is 3.21. The first-order valence-electron chi connectivity index (χ1n) is 4.80. The zero-order valence-electron chi connectivity index (χ0n) is 8.59. The van der Waals surface area contributed by atoms with E-state index in [0.717, 1.165) is 0 Å². The molecule has 1 aliphatic rings. The molecule has 0 radical (unpaired) electrons. The Bertz CT molecular complexity index is 189. The van der Waals surface area contributed by atoms with Crippen LogP contribution in [-0.2, 0) is 0 Å². The fourth-order valence-electron chi connectivity index (χ4n) is 2.60. The van der Waals surface area contributed by atoms with E-state index in [1.54, 1.807) is 0 Å². The molecule has 0 bridgehead atoms. The standard InChI is InChI=1S/C11H20O/c1-8-6-5-7-11(3,4)10(8)9(2)12/h6,9-10,12H,5,7H2,1-4H3. The summed E-state index contributed by atoms with van der Waals surface area (Å²) in [6.07, 6.45) is 4.42. The molecule has 0 aromatic rings. The highest BCUT2D eigenvalue weighted by molar-refractivity contribution is 5.13. The van der Waals surface area contributed by atoms with Crippen LogP contribution in [0.5, 0.6) is 0 Å². The lowest BCUT2D eigenvalue weighted by Gasteiger charge is -2.40. The monoisotopic (exact) mass is 168 g/mol. The minimum absolute atomic E-state index is 0.212. The Hall–Kier alpha value is -0.300. The average Bonchev–Trinajstić information content (AvgIpc) is 1.82. The lowest BCUT2D eigenvalue weighted by atomic mass is 9.67. The van der Waals surface area contributed by atoms with E-state index >= 15 is 0 Å². The molecule has 2 unspecified atom stereocenters.